The first-order valence-corrected chi connectivity index (χ1v) is 10.1. The van der Waals surface area contributed by atoms with E-state index in [-0.39, 0.29) is 11.9 Å². The fourth-order valence-corrected chi connectivity index (χ4v) is 3.77. The van der Waals surface area contributed by atoms with Crippen LogP contribution in [0.4, 0.5) is 0 Å². The first-order valence-electron chi connectivity index (χ1n) is 9.68. The van der Waals surface area contributed by atoms with Crippen molar-refractivity contribution in [2.75, 3.05) is 13.2 Å². The Balaban J connectivity index is 1.36. The predicted octanol–water partition coefficient (Wildman–Crippen LogP) is 4.18. The van der Waals surface area contributed by atoms with Crippen molar-refractivity contribution in [2.45, 2.75) is 18.9 Å². The van der Waals surface area contributed by atoms with Gasteiger partial charge < -0.3 is 14.8 Å². The number of halogens is 1. The van der Waals surface area contributed by atoms with Crippen LogP contribution >= 0.6 is 11.6 Å². The Morgan fingerprint density at radius 1 is 1.14 bits per heavy atom. The molecule has 2 aliphatic rings. The Hall–Kier alpha value is -2.99. The monoisotopic (exact) mass is 409 g/mol. The van der Waals surface area contributed by atoms with Gasteiger partial charge >= 0.3 is 0 Å². The molecule has 1 fully saturated rings. The number of nitrogens with zero attached hydrogens (tertiary/aromatic N) is 2. The summed E-state index contributed by atoms with van der Waals surface area (Å²) in [6, 6.07) is 13.2. The van der Waals surface area contributed by atoms with Crippen LogP contribution in [0.5, 0.6) is 11.5 Å². The highest BCUT2D eigenvalue weighted by Gasteiger charge is 2.34. The standard InChI is InChI=1S/C22H20ClN3O3/c23-17-2-1-3-18(11-17)26-13-16(12-24-26)22(27)25-21(14-4-5-14)15-6-7-19-20(10-15)29-9-8-28-19/h1-3,6-7,10-14,21H,4-5,8-9H2,(H,25,27). The first-order chi connectivity index (χ1) is 14.2. The van der Waals surface area contributed by atoms with E-state index in [1.807, 2.05) is 30.3 Å². The molecule has 1 aliphatic carbocycles. The van der Waals surface area contributed by atoms with Crippen molar-refractivity contribution in [2.24, 2.45) is 5.92 Å². The van der Waals surface area contributed by atoms with Gasteiger partial charge in [-0.1, -0.05) is 23.7 Å². The largest absolute Gasteiger partial charge is 0.486 e. The van der Waals surface area contributed by atoms with E-state index < -0.39 is 0 Å². The van der Waals surface area contributed by atoms with Crippen LogP contribution in [0.25, 0.3) is 5.69 Å². The second kappa shape index (κ2) is 7.44. The number of ether oxygens (including phenoxy) is 2. The minimum atomic E-state index is -0.148. The molecule has 1 N–H and O–H groups in total. The lowest BCUT2D eigenvalue weighted by Crippen LogP contribution is -2.29. The molecule has 1 unspecified atom stereocenters. The lowest BCUT2D eigenvalue weighted by Gasteiger charge is -2.23. The summed E-state index contributed by atoms with van der Waals surface area (Å²) in [7, 11) is 0. The molecule has 0 radical (unpaired) electrons. The molecule has 5 rings (SSSR count). The molecule has 1 saturated carbocycles. The fraction of sp³-hybridized carbons (Fsp3) is 0.273. The minimum absolute atomic E-state index is 0.0622. The highest BCUT2D eigenvalue weighted by atomic mass is 35.5. The van der Waals surface area contributed by atoms with Crippen molar-refractivity contribution in [3.8, 4) is 17.2 Å². The minimum Gasteiger partial charge on any atom is -0.486 e. The van der Waals surface area contributed by atoms with E-state index in [0.717, 1.165) is 35.6 Å². The number of aromatic nitrogens is 2. The van der Waals surface area contributed by atoms with Gasteiger partial charge in [0.15, 0.2) is 11.5 Å². The quantitative estimate of drug-likeness (QED) is 0.686. The molecule has 6 nitrogen and oxygen atoms in total. The number of amides is 1. The van der Waals surface area contributed by atoms with Crippen LogP contribution in [0.15, 0.2) is 54.9 Å². The molecule has 7 heteroatoms. The zero-order valence-electron chi connectivity index (χ0n) is 15.7. The smallest absolute Gasteiger partial charge is 0.254 e. The van der Waals surface area contributed by atoms with Gasteiger partial charge in [-0.15, -0.1) is 0 Å². The molecule has 0 spiro atoms. The third-order valence-corrected chi connectivity index (χ3v) is 5.46. The van der Waals surface area contributed by atoms with Crippen LogP contribution in [0, 0.1) is 5.92 Å². The summed E-state index contributed by atoms with van der Waals surface area (Å²) < 4.78 is 13.0. The third kappa shape index (κ3) is 3.80. The Labute approximate surface area is 173 Å². The molecule has 0 saturated heterocycles. The van der Waals surface area contributed by atoms with Crippen LogP contribution < -0.4 is 14.8 Å². The normalized spacial score (nSPS) is 16.3. The van der Waals surface area contributed by atoms with E-state index in [2.05, 4.69) is 10.4 Å². The van der Waals surface area contributed by atoms with Gasteiger partial charge in [0.1, 0.15) is 13.2 Å². The van der Waals surface area contributed by atoms with E-state index in [4.69, 9.17) is 21.1 Å². The summed E-state index contributed by atoms with van der Waals surface area (Å²) in [6.45, 7) is 1.10. The van der Waals surface area contributed by atoms with E-state index in [9.17, 15) is 4.79 Å². The summed E-state index contributed by atoms with van der Waals surface area (Å²) >= 11 is 6.05. The summed E-state index contributed by atoms with van der Waals surface area (Å²) in [6.07, 6.45) is 5.49. The zero-order chi connectivity index (χ0) is 19.8. The lowest BCUT2D eigenvalue weighted by atomic mass is 10.0. The van der Waals surface area contributed by atoms with Crippen molar-refractivity contribution >= 4 is 17.5 Å². The van der Waals surface area contributed by atoms with Crippen molar-refractivity contribution < 1.29 is 14.3 Å². The molecule has 2 aromatic carbocycles. The number of hydrogen-bond donors (Lipinski definition) is 1. The van der Waals surface area contributed by atoms with Gasteiger partial charge in [-0.05, 0) is 54.7 Å². The number of carbonyl (C=O) groups excluding carboxylic acids is 1. The van der Waals surface area contributed by atoms with Crippen LogP contribution in [-0.4, -0.2) is 28.9 Å². The Bertz CT molecular complexity index is 1060. The van der Waals surface area contributed by atoms with Crippen LogP contribution in [0.2, 0.25) is 5.02 Å². The molecule has 0 bridgehead atoms. The third-order valence-electron chi connectivity index (χ3n) is 5.22. The van der Waals surface area contributed by atoms with E-state index >= 15 is 0 Å². The number of nitrogens with one attached hydrogen (secondary N) is 1. The highest BCUT2D eigenvalue weighted by molar-refractivity contribution is 6.30. The van der Waals surface area contributed by atoms with Gasteiger partial charge in [-0.2, -0.15) is 5.10 Å². The fourth-order valence-electron chi connectivity index (χ4n) is 3.58. The molecular weight excluding hydrogens is 390 g/mol. The number of benzene rings is 2. The molecule has 148 valence electrons. The molecular formula is C22H20ClN3O3. The topological polar surface area (TPSA) is 65.4 Å². The van der Waals surface area contributed by atoms with Gasteiger partial charge in [0.05, 0.1) is 23.5 Å². The molecule has 1 aliphatic heterocycles. The zero-order valence-corrected chi connectivity index (χ0v) is 16.4. The maximum atomic E-state index is 12.9. The predicted molar refractivity (Wildman–Crippen MR) is 109 cm³/mol. The maximum Gasteiger partial charge on any atom is 0.254 e. The highest BCUT2D eigenvalue weighted by Crippen LogP contribution is 2.43. The molecule has 1 atom stereocenters. The van der Waals surface area contributed by atoms with Gasteiger partial charge in [-0.3, -0.25) is 4.79 Å². The average Bonchev–Trinajstić information content (AvgIpc) is 3.46. The van der Waals surface area contributed by atoms with Crippen molar-refractivity contribution in [3.63, 3.8) is 0 Å². The SMILES string of the molecule is O=C(NC(c1ccc2c(c1)OCCO2)C1CC1)c1cnn(-c2cccc(Cl)c2)c1. The number of rotatable bonds is 5. The summed E-state index contributed by atoms with van der Waals surface area (Å²) in [5.74, 6) is 1.78. The number of carbonyl (C=O) groups is 1. The molecule has 2 heterocycles. The number of fused-ring (bicyclic) bond motifs is 1. The lowest BCUT2D eigenvalue weighted by molar-refractivity contribution is 0.0931. The maximum absolute atomic E-state index is 12.9. The molecule has 1 amide bonds. The summed E-state index contributed by atoms with van der Waals surface area (Å²) in [5.41, 5.74) is 2.35. The number of hydrogen-bond acceptors (Lipinski definition) is 4. The second-order valence-electron chi connectivity index (χ2n) is 7.35. The molecule has 1 aromatic heterocycles. The Kier molecular flexibility index (Phi) is 4.64. The van der Waals surface area contributed by atoms with E-state index in [0.29, 0.717) is 29.7 Å². The van der Waals surface area contributed by atoms with Crippen molar-refractivity contribution in [1.82, 2.24) is 15.1 Å². The van der Waals surface area contributed by atoms with Crippen LogP contribution in [0.1, 0.15) is 34.8 Å². The van der Waals surface area contributed by atoms with Crippen LogP contribution in [-0.2, 0) is 0 Å². The summed E-state index contributed by atoms with van der Waals surface area (Å²) in [5, 5.41) is 8.11. The van der Waals surface area contributed by atoms with Crippen molar-refractivity contribution in [1.29, 1.82) is 0 Å². The Morgan fingerprint density at radius 3 is 2.76 bits per heavy atom. The van der Waals surface area contributed by atoms with Crippen LogP contribution in [0.3, 0.4) is 0 Å². The van der Waals surface area contributed by atoms with Gasteiger partial charge in [0.2, 0.25) is 0 Å². The average molecular weight is 410 g/mol. The van der Waals surface area contributed by atoms with E-state index in [1.165, 1.54) is 0 Å². The van der Waals surface area contributed by atoms with Gasteiger partial charge in [0.25, 0.3) is 5.91 Å². The molecule has 29 heavy (non-hydrogen) atoms. The van der Waals surface area contributed by atoms with Crippen molar-refractivity contribution in [3.05, 3.63) is 71.0 Å². The van der Waals surface area contributed by atoms with E-state index in [1.54, 1.807) is 29.2 Å². The molecule has 3 aromatic rings. The van der Waals surface area contributed by atoms with Gasteiger partial charge in [-0.25, -0.2) is 4.68 Å². The summed E-state index contributed by atoms with van der Waals surface area (Å²) in [4.78, 5) is 12.9. The van der Waals surface area contributed by atoms with Gasteiger partial charge in [0, 0.05) is 11.2 Å². The Morgan fingerprint density at radius 2 is 1.97 bits per heavy atom. The first kappa shape index (κ1) is 18.1. The second-order valence-corrected chi connectivity index (χ2v) is 7.78.